The molecule has 2 rings (SSSR count). The van der Waals surface area contributed by atoms with Crippen LogP contribution in [0.15, 0.2) is 59.5 Å². The quantitative estimate of drug-likeness (QED) is 0.528. The van der Waals surface area contributed by atoms with Crippen molar-refractivity contribution in [2.45, 2.75) is 23.9 Å². The van der Waals surface area contributed by atoms with Gasteiger partial charge in [0.25, 0.3) is 5.91 Å². The number of thioether (sulfide) groups is 1. The van der Waals surface area contributed by atoms with Crippen molar-refractivity contribution in [1.29, 1.82) is 0 Å². The fourth-order valence-electron chi connectivity index (χ4n) is 2.29. The number of carbonyl (C=O) groups is 2. The van der Waals surface area contributed by atoms with Gasteiger partial charge in [0.15, 0.2) is 0 Å². The number of alkyl halides is 3. The molecule has 0 bridgehead atoms. The first-order valence-corrected chi connectivity index (χ1v) is 9.27. The highest BCUT2D eigenvalue weighted by Gasteiger charge is 2.28. The molecule has 2 amide bonds. The zero-order valence-corrected chi connectivity index (χ0v) is 15.9. The summed E-state index contributed by atoms with van der Waals surface area (Å²) in [5.74, 6) is -0.528. The molecule has 0 heterocycles. The molecule has 0 aliphatic heterocycles. The normalized spacial score (nSPS) is 11.4. The Kier molecular flexibility index (Phi) is 7.69. The summed E-state index contributed by atoms with van der Waals surface area (Å²) >= 11 is -0.186. The van der Waals surface area contributed by atoms with Crippen molar-refractivity contribution in [2.24, 2.45) is 0 Å². The lowest BCUT2D eigenvalue weighted by atomic mass is 10.1. The lowest BCUT2D eigenvalue weighted by molar-refractivity contribution is -0.116. The predicted molar refractivity (Wildman–Crippen MR) is 104 cm³/mol. The summed E-state index contributed by atoms with van der Waals surface area (Å²) in [5, 5.41) is 5.41. The van der Waals surface area contributed by atoms with Crippen LogP contribution in [0.5, 0.6) is 0 Å². The van der Waals surface area contributed by atoms with E-state index >= 15 is 0 Å². The number of rotatable bonds is 7. The van der Waals surface area contributed by atoms with Gasteiger partial charge in [-0.1, -0.05) is 24.3 Å². The third-order valence-corrected chi connectivity index (χ3v) is 4.27. The Morgan fingerprint density at radius 2 is 1.79 bits per heavy atom. The van der Waals surface area contributed by atoms with E-state index in [-0.39, 0.29) is 35.0 Å². The van der Waals surface area contributed by atoms with Gasteiger partial charge in [-0.2, -0.15) is 13.2 Å². The summed E-state index contributed by atoms with van der Waals surface area (Å²) in [7, 11) is 0. The highest BCUT2D eigenvalue weighted by Crippen LogP contribution is 2.36. The number of hydrogen-bond acceptors (Lipinski definition) is 3. The van der Waals surface area contributed by atoms with E-state index in [4.69, 9.17) is 0 Å². The molecule has 0 saturated heterocycles. The standard InChI is InChI=1S/C20H19F3N2O2S/c1-2-24-19(27)16-5-3-4-15(12-16)13-25-18(26)11-8-14-6-9-17(10-7-14)28-20(21,22)23/h3-12H,2,13H2,1H3,(H,24,27)(H,25,26)/b11-8+. The molecule has 0 atom stereocenters. The molecule has 28 heavy (non-hydrogen) atoms. The average molecular weight is 408 g/mol. The molecule has 0 aliphatic rings. The second-order valence-corrected chi connectivity index (χ2v) is 6.87. The number of benzene rings is 2. The molecule has 2 aromatic rings. The van der Waals surface area contributed by atoms with E-state index in [1.807, 2.05) is 6.92 Å². The van der Waals surface area contributed by atoms with Gasteiger partial charge in [0, 0.05) is 29.6 Å². The van der Waals surface area contributed by atoms with Crippen molar-refractivity contribution in [3.63, 3.8) is 0 Å². The second kappa shape index (κ2) is 9.98. The van der Waals surface area contributed by atoms with Gasteiger partial charge in [-0.15, -0.1) is 0 Å². The van der Waals surface area contributed by atoms with Crippen LogP contribution in [0, 0.1) is 0 Å². The van der Waals surface area contributed by atoms with Gasteiger partial charge in [0.05, 0.1) is 0 Å². The van der Waals surface area contributed by atoms with Gasteiger partial charge in [-0.25, -0.2) is 0 Å². The molecule has 0 unspecified atom stereocenters. The summed E-state index contributed by atoms with van der Waals surface area (Å²) in [6.07, 6.45) is 2.82. The lowest BCUT2D eigenvalue weighted by Gasteiger charge is -2.06. The van der Waals surface area contributed by atoms with Gasteiger partial charge < -0.3 is 10.6 Å². The molecule has 4 nitrogen and oxygen atoms in total. The molecule has 0 fully saturated rings. The second-order valence-electron chi connectivity index (χ2n) is 5.73. The predicted octanol–water partition coefficient (Wildman–Crippen LogP) is 4.38. The maximum Gasteiger partial charge on any atom is 0.446 e. The van der Waals surface area contributed by atoms with E-state index in [1.54, 1.807) is 24.3 Å². The highest BCUT2D eigenvalue weighted by atomic mass is 32.2. The van der Waals surface area contributed by atoms with Crippen LogP contribution in [-0.2, 0) is 11.3 Å². The fourth-order valence-corrected chi connectivity index (χ4v) is 2.83. The zero-order chi connectivity index (χ0) is 20.6. The van der Waals surface area contributed by atoms with Crippen LogP contribution in [0.1, 0.15) is 28.4 Å². The highest BCUT2D eigenvalue weighted by molar-refractivity contribution is 8.00. The number of carbonyl (C=O) groups excluding carboxylic acids is 2. The summed E-state index contributed by atoms with van der Waals surface area (Å²) in [6, 6.07) is 12.6. The van der Waals surface area contributed by atoms with Gasteiger partial charge in [0.1, 0.15) is 0 Å². The topological polar surface area (TPSA) is 58.2 Å². The van der Waals surface area contributed by atoms with E-state index in [1.165, 1.54) is 36.4 Å². The third-order valence-electron chi connectivity index (χ3n) is 3.53. The van der Waals surface area contributed by atoms with Crippen LogP contribution >= 0.6 is 11.8 Å². The smallest absolute Gasteiger partial charge is 0.352 e. The minimum absolute atomic E-state index is 0.0843. The molecular weight excluding hydrogens is 389 g/mol. The Balaban J connectivity index is 1.88. The first-order chi connectivity index (χ1) is 13.3. The number of halogens is 3. The van der Waals surface area contributed by atoms with Crippen molar-refractivity contribution >= 4 is 29.7 Å². The maximum atomic E-state index is 12.3. The summed E-state index contributed by atoms with van der Waals surface area (Å²) < 4.78 is 36.9. The summed E-state index contributed by atoms with van der Waals surface area (Å²) in [5.41, 5.74) is -2.42. The van der Waals surface area contributed by atoms with E-state index in [9.17, 15) is 22.8 Å². The largest absolute Gasteiger partial charge is 0.446 e. The van der Waals surface area contributed by atoms with Crippen LogP contribution < -0.4 is 10.6 Å². The molecule has 2 aromatic carbocycles. The lowest BCUT2D eigenvalue weighted by Crippen LogP contribution is -2.23. The maximum absolute atomic E-state index is 12.3. The molecule has 0 aromatic heterocycles. The van der Waals surface area contributed by atoms with Crippen LogP contribution in [0.4, 0.5) is 13.2 Å². The Labute approximate surface area is 165 Å². The van der Waals surface area contributed by atoms with E-state index in [0.717, 1.165) is 5.56 Å². The molecule has 0 saturated carbocycles. The van der Waals surface area contributed by atoms with Crippen LogP contribution in [0.25, 0.3) is 6.08 Å². The average Bonchev–Trinajstić information content (AvgIpc) is 2.65. The Morgan fingerprint density at radius 1 is 1.07 bits per heavy atom. The van der Waals surface area contributed by atoms with Gasteiger partial charge in [-0.05, 0) is 60.2 Å². The Bertz CT molecular complexity index is 849. The zero-order valence-electron chi connectivity index (χ0n) is 15.0. The molecule has 148 valence electrons. The number of amides is 2. The molecule has 8 heteroatoms. The first kappa shape index (κ1) is 21.6. The van der Waals surface area contributed by atoms with Crippen molar-refractivity contribution in [3.05, 3.63) is 71.3 Å². The van der Waals surface area contributed by atoms with Gasteiger partial charge in [-0.3, -0.25) is 9.59 Å². The third kappa shape index (κ3) is 7.48. The number of hydrogen-bond donors (Lipinski definition) is 2. The van der Waals surface area contributed by atoms with Crippen molar-refractivity contribution in [2.75, 3.05) is 6.54 Å². The van der Waals surface area contributed by atoms with Gasteiger partial charge >= 0.3 is 5.51 Å². The monoisotopic (exact) mass is 408 g/mol. The molecule has 2 N–H and O–H groups in total. The molecular formula is C20H19F3N2O2S. The van der Waals surface area contributed by atoms with Gasteiger partial charge in [0.2, 0.25) is 5.91 Å². The van der Waals surface area contributed by atoms with E-state index < -0.39 is 5.51 Å². The fraction of sp³-hybridized carbons (Fsp3) is 0.200. The number of nitrogens with one attached hydrogen (secondary N) is 2. The molecule has 0 radical (unpaired) electrons. The van der Waals surface area contributed by atoms with Crippen LogP contribution in [-0.4, -0.2) is 23.9 Å². The van der Waals surface area contributed by atoms with E-state index in [2.05, 4.69) is 10.6 Å². The van der Waals surface area contributed by atoms with Crippen molar-refractivity contribution in [1.82, 2.24) is 10.6 Å². The van der Waals surface area contributed by atoms with Crippen LogP contribution in [0.3, 0.4) is 0 Å². The van der Waals surface area contributed by atoms with Crippen molar-refractivity contribution < 1.29 is 22.8 Å². The van der Waals surface area contributed by atoms with E-state index in [0.29, 0.717) is 17.7 Å². The van der Waals surface area contributed by atoms with Crippen LogP contribution in [0.2, 0.25) is 0 Å². The summed E-state index contributed by atoms with van der Waals surface area (Å²) in [6.45, 7) is 2.61. The minimum atomic E-state index is -4.33. The first-order valence-electron chi connectivity index (χ1n) is 8.45. The molecule has 0 spiro atoms. The SMILES string of the molecule is CCNC(=O)c1cccc(CNC(=O)/C=C/c2ccc(SC(F)(F)F)cc2)c1. The Hall–Kier alpha value is -2.74. The Morgan fingerprint density at radius 3 is 2.43 bits per heavy atom. The minimum Gasteiger partial charge on any atom is -0.352 e. The van der Waals surface area contributed by atoms with Crippen molar-refractivity contribution in [3.8, 4) is 0 Å². The molecule has 0 aliphatic carbocycles. The summed E-state index contributed by atoms with van der Waals surface area (Å²) in [4.78, 5) is 23.8.